The Balaban J connectivity index is 2.88. The van der Waals surface area contributed by atoms with E-state index in [0.29, 0.717) is 5.75 Å². The number of aromatic hydroxyl groups is 1. The maximum Gasteiger partial charge on any atom is 0.242 e. The highest BCUT2D eigenvalue weighted by atomic mass is 35.5. The molecule has 0 fully saturated rings. The van der Waals surface area contributed by atoms with E-state index in [4.69, 9.17) is 16.3 Å². The summed E-state index contributed by atoms with van der Waals surface area (Å²) in [5.74, 6) is 0.145. The molecule has 1 amide bonds. The lowest BCUT2D eigenvalue weighted by Gasteiger charge is -2.09. The summed E-state index contributed by atoms with van der Waals surface area (Å²) in [5, 5.41) is 11.3. The first-order valence-corrected chi connectivity index (χ1v) is 4.80. The molecule has 0 aliphatic heterocycles. The zero-order valence-electron chi connectivity index (χ0n) is 8.45. The molecular formula is C10H12ClNO3. The zero-order chi connectivity index (χ0) is 11.4. The number of rotatable bonds is 3. The summed E-state index contributed by atoms with van der Waals surface area (Å²) in [6.07, 6.45) is 0. The Morgan fingerprint density at radius 1 is 1.60 bits per heavy atom. The number of anilines is 1. The Morgan fingerprint density at radius 3 is 2.80 bits per heavy atom. The van der Waals surface area contributed by atoms with Gasteiger partial charge in [-0.1, -0.05) is 0 Å². The van der Waals surface area contributed by atoms with Crippen molar-refractivity contribution in [3.63, 3.8) is 0 Å². The number of halogens is 1. The van der Waals surface area contributed by atoms with Crippen LogP contribution in [0.25, 0.3) is 0 Å². The van der Waals surface area contributed by atoms with Crippen LogP contribution in [0.1, 0.15) is 6.92 Å². The molecule has 1 unspecified atom stereocenters. The number of carbonyl (C=O) groups is 1. The maximum absolute atomic E-state index is 11.3. The third kappa shape index (κ3) is 3.02. The molecule has 1 rings (SSSR count). The number of benzene rings is 1. The largest absolute Gasteiger partial charge is 0.506 e. The van der Waals surface area contributed by atoms with Crippen LogP contribution in [0, 0.1) is 0 Å². The molecule has 0 aromatic heterocycles. The summed E-state index contributed by atoms with van der Waals surface area (Å²) in [5.41, 5.74) is 0.284. The monoisotopic (exact) mass is 229 g/mol. The lowest BCUT2D eigenvalue weighted by molar-refractivity contribution is -0.115. The molecule has 0 aliphatic rings. The van der Waals surface area contributed by atoms with Crippen molar-refractivity contribution in [3.05, 3.63) is 18.2 Å². The number of ether oxygens (including phenoxy) is 1. The Hall–Kier alpha value is -1.42. The van der Waals surface area contributed by atoms with Crippen molar-refractivity contribution in [2.24, 2.45) is 0 Å². The summed E-state index contributed by atoms with van der Waals surface area (Å²) in [4.78, 5) is 11.3. The number of alkyl halides is 1. The van der Waals surface area contributed by atoms with E-state index in [1.54, 1.807) is 13.0 Å². The van der Waals surface area contributed by atoms with Gasteiger partial charge in [-0.25, -0.2) is 0 Å². The molecule has 4 nitrogen and oxygen atoms in total. The fourth-order valence-electron chi connectivity index (χ4n) is 0.974. The molecule has 0 radical (unpaired) electrons. The fourth-order valence-corrected chi connectivity index (χ4v) is 1.03. The van der Waals surface area contributed by atoms with Crippen LogP contribution in [0.5, 0.6) is 11.5 Å². The van der Waals surface area contributed by atoms with Crippen molar-refractivity contribution in [2.45, 2.75) is 12.3 Å². The number of methoxy groups -OCH3 is 1. The predicted molar refractivity (Wildman–Crippen MR) is 58.6 cm³/mol. The first-order valence-electron chi connectivity index (χ1n) is 4.36. The van der Waals surface area contributed by atoms with E-state index in [1.807, 2.05) is 0 Å². The molecule has 15 heavy (non-hydrogen) atoms. The van der Waals surface area contributed by atoms with Crippen molar-refractivity contribution in [1.82, 2.24) is 0 Å². The first-order chi connectivity index (χ1) is 7.04. The fraction of sp³-hybridized carbons (Fsp3) is 0.300. The zero-order valence-corrected chi connectivity index (χ0v) is 9.21. The second-order valence-electron chi connectivity index (χ2n) is 2.99. The highest BCUT2D eigenvalue weighted by Gasteiger charge is 2.12. The Labute approximate surface area is 92.8 Å². The van der Waals surface area contributed by atoms with Crippen molar-refractivity contribution in [3.8, 4) is 11.5 Å². The third-order valence-corrected chi connectivity index (χ3v) is 2.02. The lowest BCUT2D eigenvalue weighted by atomic mass is 10.2. The maximum atomic E-state index is 11.3. The number of phenolic OH excluding ortho intramolecular Hbond substituents is 1. The van der Waals surface area contributed by atoms with Crippen LogP contribution in [0.15, 0.2) is 18.2 Å². The van der Waals surface area contributed by atoms with Gasteiger partial charge >= 0.3 is 0 Å². The molecule has 82 valence electrons. The summed E-state index contributed by atoms with van der Waals surface area (Å²) in [6.45, 7) is 1.55. The summed E-state index contributed by atoms with van der Waals surface area (Å²) >= 11 is 5.58. The van der Waals surface area contributed by atoms with Gasteiger partial charge in [0.25, 0.3) is 0 Å². The van der Waals surface area contributed by atoms with E-state index < -0.39 is 5.38 Å². The molecule has 0 heterocycles. The van der Waals surface area contributed by atoms with Gasteiger partial charge in [-0.15, -0.1) is 11.6 Å². The minimum absolute atomic E-state index is 0.0264. The summed E-state index contributed by atoms with van der Waals surface area (Å²) in [6, 6.07) is 4.55. The van der Waals surface area contributed by atoms with Gasteiger partial charge in [-0.05, 0) is 19.1 Å². The van der Waals surface area contributed by atoms with Gasteiger partial charge in [0.1, 0.15) is 16.9 Å². The van der Waals surface area contributed by atoms with Gasteiger partial charge in [-0.2, -0.15) is 0 Å². The number of hydrogen-bond donors (Lipinski definition) is 2. The van der Waals surface area contributed by atoms with Gasteiger partial charge in [-0.3, -0.25) is 4.79 Å². The number of carbonyl (C=O) groups excluding carboxylic acids is 1. The number of nitrogens with one attached hydrogen (secondary N) is 1. The topological polar surface area (TPSA) is 58.6 Å². The SMILES string of the molecule is COc1ccc(O)c(NC(=O)C(C)Cl)c1. The molecule has 0 bridgehead atoms. The van der Waals surface area contributed by atoms with Crippen LogP contribution in [0.2, 0.25) is 0 Å². The van der Waals surface area contributed by atoms with Gasteiger partial charge in [0, 0.05) is 6.07 Å². The molecule has 0 saturated heterocycles. The van der Waals surface area contributed by atoms with Crippen molar-refractivity contribution in [1.29, 1.82) is 0 Å². The van der Waals surface area contributed by atoms with Crippen LogP contribution in [0.3, 0.4) is 0 Å². The Bertz CT molecular complexity index is 366. The standard InChI is InChI=1S/C10H12ClNO3/c1-6(11)10(14)12-8-5-7(15-2)3-4-9(8)13/h3-6,13H,1-2H3,(H,12,14). The second-order valence-corrected chi connectivity index (χ2v) is 3.64. The molecule has 5 heteroatoms. The minimum atomic E-state index is -0.657. The second kappa shape index (κ2) is 4.89. The van der Waals surface area contributed by atoms with Gasteiger partial charge in [0.05, 0.1) is 12.8 Å². The van der Waals surface area contributed by atoms with Gasteiger partial charge in [0.2, 0.25) is 5.91 Å². The first kappa shape index (κ1) is 11.7. The van der Waals surface area contributed by atoms with E-state index in [-0.39, 0.29) is 17.3 Å². The van der Waals surface area contributed by atoms with Crippen molar-refractivity contribution < 1.29 is 14.6 Å². The van der Waals surface area contributed by atoms with E-state index in [9.17, 15) is 9.90 Å². The Morgan fingerprint density at radius 2 is 2.27 bits per heavy atom. The van der Waals surface area contributed by atoms with Crippen molar-refractivity contribution >= 4 is 23.2 Å². The van der Waals surface area contributed by atoms with Crippen molar-refractivity contribution in [2.75, 3.05) is 12.4 Å². The van der Waals surface area contributed by atoms with E-state index in [1.165, 1.54) is 19.2 Å². The number of hydrogen-bond acceptors (Lipinski definition) is 3. The van der Waals surface area contributed by atoms with Crippen LogP contribution in [-0.4, -0.2) is 23.5 Å². The molecule has 0 saturated carbocycles. The predicted octanol–water partition coefficient (Wildman–Crippen LogP) is 1.97. The highest BCUT2D eigenvalue weighted by molar-refractivity contribution is 6.32. The molecule has 0 spiro atoms. The third-order valence-electron chi connectivity index (χ3n) is 1.82. The highest BCUT2D eigenvalue weighted by Crippen LogP contribution is 2.27. The quantitative estimate of drug-likeness (QED) is 0.615. The molecule has 0 aliphatic carbocycles. The average Bonchev–Trinajstić information content (AvgIpc) is 2.21. The molecule has 1 aromatic rings. The van der Waals surface area contributed by atoms with Crippen LogP contribution < -0.4 is 10.1 Å². The smallest absolute Gasteiger partial charge is 0.242 e. The number of phenols is 1. The van der Waals surface area contributed by atoms with Gasteiger partial charge in [0.15, 0.2) is 0 Å². The van der Waals surface area contributed by atoms with Crippen LogP contribution >= 0.6 is 11.6 Å². The summed E-state index contributed by atoms with van der Waals surface area (Å²) in [7, 11) is 1.50. The van der Waals surface area contributed by atoms with Crippen LogP contribution in [0.4, 0.5) is 5.69 Å². The molecular weight excluding hydrogens is 218 g/mol. The number of amides is 1. The van der Waals surface area contributed by atoms with E-state index >= 15 is 0 Å². The molecule has 2 N–H and O–H groups in total. The normalized spacial score (nSPS) is 11.9. The van der Waals surface area contributed by atoms with E-state index in [0.717, 1.165) is 0 Å². The molecule has 1 aromatic carbocycles. The van der Waals surface area contributed by atoms with Gasteiger partial charge < -0.3 is 15.2 Å². The summed E-state index contributed by atoms with van der Waals surface area (Å²) < 4.78 is 4.96. The molecule has 1 atom stereocenters. The Kier molecular flexibility index (Phi) is 3.80. The van der Waals surface area contributed by atoms with Crippen LogP contribution in [-0.2, 0) is 4.79 Å². The van der Waals surface area contributed by atoms with E-state index in [2.05, 4.69) is 5.32 Å². The minimum Gasteiger partial charge on any atom is -0.506 e. The average molecular weight is 230 g/mol. The lowest BCUT2D eigenvalue weighted by Crippen LogP contribution is -2.20.